The molecule has 0 aliphatic rings. The SMILES string of the molecule is CC(C)c1cc(OC(F)F)cc(C(C)C)c1NC(N)=O.Cc1cc(C(C)(C)O)sc1SN. The highest BCUT2D eigenvalue weighted by molar-refractivity contribution is 7.99. The standard InChI is InChI=1S/C14H20F2N2O2.C8H13NOS2/c1-7(2)10-5-9(20-13(15)16)6-11(8(3)4)12(10)18-14(17)19;1-5-4-6(8(2,3)10)11-7(5)12-9/h5-8,13H,1-4H3,(H3,17,18,19);4,10H,9H2,1-3H3. The van der Waals surface area contributed by atoms with Crippen LogP contribution < -0.4 is 20.9 Å². The number of carbonyl (C=O) groups excluding carboxylic acids is 1. The first-order chi connectivity index (χ1) is 14.7. The molecule has 180 valence electrons. The Hall–Kier alpha value is -1.88. The van der Waals surface area contributed by atoms with Crippen LogP contribution in [0.2, 0.25) is 0 Å². The molecule has 1 aromatic heterocycles. The van der Waals surface area contributed by atoms with Gasteiger partial charge in [0.2, 0.25) is 0 Å². The average molecular weight is 490 g/mol. The second-order valence-corrected chi connectivity index (χ2v) is 10.4. The van der Waals surface area contributed by atoms with Gasteiger partial charge < -0.3 is 20.9 Å². The first-order valence-corrected chi connectivity index (χ1v) is 11.8. The molecule has 0 radical (unpaired) electrons. The summed E-state index contributed by atoms with van der Waals surface area (Å²) in [5.41, 5.74) is 7.58. The number of thiophene rings is 1. The molecule has 10 heteroatoms. The number of benzene rings is 1. The molecular weight excluding hydrogens is 456 g/mol. The molecule has 0 bridgehead atoms. The average Bonchev–Trinajstić information content (AvgIpc) is 3.03. The van der Waals surface area contributed by atoms with Gasteiger partial charge in [0.1, 0.15) is 5.75 Å². The first kappa shape index (κ1) is 28.2. The number of aliphatic hydroxyl groups is 1. The smallest absolute Gasteiger partial charge is 0.387 e. The van der Waals surface area contributed by atoms with Gasteiger partial charge in [0.15, 0.2) is 0 Å². The minimum atomic E-state index is -2.88. The van der Waals surface area contributed by atoms with E-state index < -0.39 is 18.2 Å². The lowest BCUT2D eigenvalue weighted by atomic mass is 9.92. The highest BCUT2D eigenvalue weighted by atomic mass is 32.2. The molecule has 0 aliphatic heterocycles. The van der Waals surface area contributed by atoms with E-state index in [1.54, 1.807) is 25.2 Å². The number of amides is 2. The van der Waals surface area contributed by atoms with E-state index in [9.17, 15) is 18.7 Å². The molecule has 0 fully saturated rings. The summed E-state index contributed by atoms with van der Waals surface area (Å²) in [5.74, 6) is 0.133. The number of primary amides is 1. The number of carbonyl (C=O) groups is 1. The number of alkyl halides is 2. The third-order valence-electron chi connectivity index (χ3n) is 4.47. The number of halogens is 2. The molecule has 32 heavy (non-hydrogen) atoms. The summed E-state index contributed by atoms with van der Waals surface area (Å²) < 4.78 is 30.3. The van der Waals surface area contributed by atoms with Crippen molar-refractivity contribution in [3.05, 3.63) is 39.8 Å². The van der Waals surface area contributed by atoms with Crippen LogP contribution in [0.15, 0.2) is 22.4 Å². The van der Waals surface area contributed by atoms with Crippen molar-refractivity contribution in [1.82, 2.24) is 0 Å². The Morgan fingerprint density at radius 3 is 1.94 bits per heavy atom. The number of nitrogens with one attached hydrogen (secondary N) is 1. The number of urea groups is 1. The third kappa shape index (κ3) is 8.23. The number of ether oxygens (including phenoxy) is 1. The van der Waals surface area contributed by atoms with Gasteiger partial charge in [-0.3, -0.25) is 5.14 Å². The van der Waals surface area contributed by atoms with Crippen molar-refractivity contribution in [2.75, 3.05) is 5.32 Å². The van der Waals surface area contributed by atoms with Crippen LogP contribution in [0.3, 0.4) is 0 Å². The number of hydrogen-bond acceptors (Lipinski definition) is 6. The number of hydrogen-bond donors (Lipinski definition) is 4. The van der Waals surface area contributed by atoms with Crippen LogP contribution in [-0.2, 0) is 5.60 Å². The molecule has 0 atom stereocenters. The largest absolute Gasteiger partial charge is 0.435 e. The summed E-state index contributed by atoms with van der Waals surface area (Å²) >= 11 is 2.79. The van der Waals surface area contributed by atoms with E-state index in [0.29, 0.717) is 16.8 Å². The zero-order valence-electron chi connectivity index (χ0n) is 19.5. The zero-order valence-corrected chi connectivity index (χ0v) is 21.1. The fraction of sp³-hybridized carbons (Fsp3) is 0.500. The van der Waals surface area contributed by atoms with Gasteiger partial charge in [-0.05, 0) is 79.4 Å². The minimum Gasteiger partial charge on any atom is -0.435 e. The molecule has 1 heterocycles. The molecule has 0 saturated heterocycles. The van der Waals surface area contributed by atoms with Crippen LogP contribution in [0, 0.1) is 6.92 Å². The maximum absolute atomic E-state index is 12.4. The van der Waals surface area contributed by atoms with Crippen LogP contribution in [0.25, 0.3) is 0 Å². The molecule has 6 N–H and O–H groups in total. The quantitative estimate of drug-likeness (QED) is 0.342. The summed E-state index contributed by atoms with van der Waals surface area (Å²) in [6.45, 7) is 10.3. The van der Waals surface area contributed by atoms with Crippen LogP contribution in [0.5, 0.6) is 5.75 Å². The lowest BCUT2D eigenvalue weighted by Crippen LogP contribution is -2.22. The highest BCUT2D eigenvalue weighted by Crippen LogP contribution is 2.37. The lowest BCUT2D eigenvalue weighted by Gasteiger charge is -2.21. The summed E-state index contributed by atoms with van der Waals surface area (Å²) in [4.78, 5) is 12.1. The summed E-state index contributed by atoms with van der Waals surface area (Å²) in [5, 5.41) is 17.7. The zero-order chi connectivity index (χ0) is 24.8. The van der Waals surface area contributed by atoms with E-state index >= 15 is 0 Å². The molecule has 2 rings (SSSR count). The van der Waals surface area contributed by atoms with Gasteiger partial charge in [-0.25, -0.2) is 4.79 Å². The second-order valence-electron chi connectivity index (χ2n) is 8.41. The summed E-state index contributed by atoms with van der Waals surface area (Å²) in [7, 11) is 0. The van der Waals surface area contributed by atoms with E-state index in [0.717, 1.165) is 14.6 Å². The fourth-order valence-electron chi connectivity index (χ4n) is 2.89. The summed E-state index contributed by atoms with van der Waals surface area (Å²) in [6.07, 6.45) is 0. The minimum absolute atomic E-state index is 0.0237. The van der Waals surface area contributed by atoms with Crippen LogP contribution in [0.4, 0.5) is 19.3 Å². The van der Waals surface area contributed by atoms with E-state index in [2.05, 4.69) is 10.1 Å². The predicted molar refractivity (Wildman–Crippen MR) is 129 cm³/mol. The number of aryl methyl sites for hydroxylation is 1. The predicted octanol–water partition coefficient (Wildman–Crippen LogP) is 6.28. The monoisotopic (exact) mass is 489 g/mol. The van der Waals surface area contributed by atoms with E-state index in [1.165, 1.54) is 24.1 Å². The first-order valence-electron chi connectivity index (χ1n) is 10.1. The van der Waals surface area contributed by atoms with Crippen LogP contribution in [-0.4, -0.2) is 17.7 Å². The van der Waals surface area contributed by atoms with Crippen molar-refractivity contribution in [2.45, 2.75) is 76.7 Å². The molecule has 0 aliphatic carbocycles. The van der Waals surface area contributed by atoms with Crippen molar-refractivity contribution in [3.63, 3.8) is 0 Å². The Morgan fingerprint density at radius 2 is 1.66 bits per heavy atom. The van der Waals surface area contributed by atoms with E-state index in [-0.39, 0.29) is 17.6 Å². The Labute approximate surface area is 196 Å². The van der Waals surface area contributed by atoms with Gasteiger partial charge in [0.25, 0.3) is 0 Å². The van der Waals surface area contributed by atoms with Gasteiger partial charge in [-0.2, -0.15) is 8.78 Å². The maximum Gasteiger partial charge on any atom is 0.387 e. The van der Waals surface area contributed by atoms with Crippen molar-refractivity contribution in [3.8, 4) is 5.75 Å². The van der Waals surface area contributed by atoms with Crippen LogP contribution >= 0.6 is 23.3 Å². The van der Waals surface area contributed by atoms with Crippen molar-refractivity contribution >= 4 is 35.0 Å². The second kappa shape index (κ2) is 11.8. The Morgan fingerprint density at radius 1 is 1.16 bits per heavy atom. The number of rotatable bonds is 7. The Kier molecular flexibility index (Phi) is 10.4. The third-order valence-corrected chi connectivity index (χ3v) is 6.89. The molecule has 2 amide bonds. The molecule has 0 saturated carbocycles. The molecule has 0 spiro atoms. The molecular formula is C22H33F2N3O3S2. The van der Waals surface area contributed by atoms with Gasteiger partial charge >= 0.3 is 12.6 Å². The van der Waals surface area contributed by atoms with Crippen molar-refractivity contribution in [1.29, 1.82) is 0 Å². The van der Waals surface area contributed by atoms with Gasteiger partial charge in [-0.1, -0.05) is 27.7 Å². The van der Waals surface area contributed by atoms with Crippen molar-refractivity contribution < 1.29 is 23.4 Å². The fourth-order valence-corrected chi connectivity index (χ4v) is 4.50. The van der Waals surface area contributed by atoms with Gasteiger partial charge in [-0.15, -0.1) is 11.3 Å². The highest BCUT2D eigenvalue weighted by Gasteiger charge is 2.20. The lowest BCUT2D eigenvalue weighted by molar-refractivity contribution is -0.0499. The van der Waals surface area contributed by atoms with Crippen molar-refractivity contribution in [2.24, 2.45) is 10.9 Å². The molecule has 6 nitrogen and oxygen atoms in total. The van der Waals surface area contributed by atoms with Crippen LogP contribution in [0.1, 0.15) is 74.9 Å². The number of anilines is 1. The van der Waals surface area contributed by atoms with Gasteiger partial charge in [0.05, 0.1) is 9.81 Å². The van der Waals surface area contributed by atoms with E-state index in [4.69, 9.17) is 10.9 Å². The normalized spacial score (nSPS) is 11.6. The Bertz CT molecular complexity index is 881. The topological polar surface area (TPSA) is 111 Å². The van der Waals surface area contributed by atoms with Gasteiger partial charge in [0, 0.05) is 10.6 Å². The molecule has 1 aromatic carbocycles. The number of nitrogens with two attached hydrogens (primary N) is 2. The summed E-state index contributed by atoms with van der Waals surface area (Å²) in [6, 6.07) is 4.32. The van der Waals surface area contributed by atoms with E-state index in [1.807, 2.05) is 40.7 Å². The molecule has 0 unspecified atom stereocenters. The Balaban J connectivity index is 0.000000363. The maximum atomic E-state index is 12.4. The molecule has 2 aromatic rings.